The molecule has 0 unspecified atom stereocenters. The van der Waals surface area contributed by atoms with Crippen LogP contribution in [0.1, 0.15) is 40.0 Å². The van der Waals surface area contributed by atoms with E-state index in [1.807, 2.05) is 0 Å². The van der Waals surface area contributed by atoms with E-state index in [0.29, 0.717) is 6.42 Å². The quantitative estimate of drug-likeness (QED) is 0.559. The number of rotatable bonds is 6. The Morgan fingerprint density at radius 1 is 1.40 bits per heavy atom. The maximum absolute atomic E-state index is 10.6. The zero-order valence-corrected chi connectivity index (χ0v) is 10.9. The molecule has 0 aliphatic rings. The molecule has 0 heterocycles. The first-order valence-corrected chi connectivity index (χ1v) is 5.59. The molecule has 0 aliphatic heterocycles. The zero-order chi connectivity index (χ0) is 12.3. The van der Waals surface area contributed by atoms with E-state index in [2.05, 4.69) is 49.3 Å². The van der Waals surface area contributed by atoms with E-state index in [-0.39, 0.29) is 17.3 Å². The third kappa shape index (κ3) is 4.33. The van der Waals surface area contributed by atoms with Crippen LogP contribution in [0.5, 0.6) is 0 Å². The zero-order valence-electron chi connectivity index (χ0n) is 10.9. The fraction of sp³-hybridized carbons (Fsp3) is 0.889. The number of nitrogens with zero attached hydrogens (tertiary/aromatic N) is 1. The number of carboxylic acids is 1. The van der Waals surface area contributed by atoms with Gasteiger partial charge in [0.15, 0.2) is 7.98 Å². The monoisotopic (exact) mass is 209 g/mol. The molecule has 0 radical (unpaired) electrons. The van der Waals surface area contributed by atoms with Gasteiger partial charge in [0.1, 0.15) is 15.7 Å². The van der Waals surface area contributed by atoms with Crippen LogP contribution in [-0.4, -0.2) is 50.4 Å². The lowest BCUT2D eigenvalue weighted by molar-refractivity contribution is -0.137. The molecule has 0 spiro atoms. The summed E-state index contributed by atoms with van der Waals surface area (Å²) in [5.74, 6) is -0.717. The molecule has 0 atom stereocenters. The summed E-state index contributed by atoms with van der Waals surface area (Å²) < 4.78 is 0. The Hall–Kier alpha value is -0.375. The first-order valence-electron chi connectivity index (χ1n) is 5.59. The topological polar surface area (TPSA) is 40.5 Å². The Labute approximate surface area is 95.9 Å². The molecule has 0 aromatic heterocycles. The summed E-state index contributed by atoms with van der Waals surface area (Å²) in [7, 11) is 6.28. The standard InChI is InChI=1S/C9H22B3NO2/c1-4-8(2,3)13(12)9(10,11)6-5-7(14)15/h4-6,10-12H2,1-3H3,(H,14,15). The van der Waals surface area contributed by atoms with Crippen molar-refractivity contribution in [3.05, 3.63) is 0 Å². The molecular formula is C9H22B3NO2. The second-order valence-electron chi connectivity index (χ2n) is 5.43. The van der Waals surface area contributed by atoms with E-state index >= 15 is 0 Å². The maximum atomic E-state index is 10.6. The van der Waals surface area contributed by atoms with Crippen LogP contribution < -0.4 is 0 Å². The van der Waals surface area contributed by atoms with E-state index in [1.165, 1.54) is 0 Å². The van der Waals surface area contributed by atoms with Crippen LogP contribution in [0.2, 0.25) is 0 Å². The highest BCUT2D eigenvalue weighted by atomic mass is 16.4. The van der Waals surface area contributed by atoms with Gasteiger partial charge >= 0.3 is 5.97 Å². The van der Waals surface area contributed by atoms with E-state index in [9.17, 15) is 4.79 Å². The van der Waals surface area contributed by atoms with E-state index < -0.39 is 5.97 Å². The van der Waals surface area contributed by atoms with Gasteiger partial charge < -0.3 is 9.92 Å². The summed E-state index contributed by atoms with van der Waals surface area (Å²) >= 11 is 0. The second-order valence-corrected chi connectivity index (χ2v) is 5.43. The second kappa shape index (κ2) is 5.11. The van der Waals surface area contributed by atoms with Gasteiger partial charge in [-0.25, -0.2) is 0 Å². The third-order valence-corrected chi connectivity index (χ3v) is 3.63. The lowest BCUT2D eigenvalue weighted by Crippen LogP contribution is -2.58. The molecule has 15 heavy (non-hydrogen) atoms. The third-order valence-electron chi connectivity index (χ3n) is 3.63. The number of carboxylic acid groups (broad SMARTS) is 1. The molecule has 0 rings (SSSR count). The summed E-state index contributed by atoms with van der Waals surface area (Å²) in [6.07, 6.45) is 1.97. The van der Waals surface area contributed by atoms with E-state index in [0.717, 1.165) is 6.42 Å². The van der Waals surface area contributed by atoms with Crippen molar-refractivity contribution in [1.82, 2.24) is 4.81 Å². The van der Waals surface area contributed by atoms with E-state index in [4.69, 9.17) is 5.11 Å². The molecule has 1 N–H and O–H groups in total. The van der Waals surface area contributed by atoms with Crippen LogP contribution >= 0.6 is 0 Å². The van der Waals surface area contributed by atoms with Gasteiger partial charge in [-0.3, -0.25) is 4.79 Å². The summed E-state index contributed by atoms with van der Waals surface area (Å²) in [5, 5.41) is 8.63. The fourth-order valence-electron chi connectivity index (χ4n) is 1.64. The normalized spacial score (nSPS) is 13.1. The first-order chi connectivity index (χ1) is 6.63. The average molecular weight is 209 g/mol. The van der Waals surface area contributed by atoms with Crippen LogP contribution in [0.3, 0.4) is 0 Å². The summed E-state index contributed by atoms with van der Waals surface area (Å²) in [4.78, 5) is 12.8. The van der Waals surface area contributed by atoms with Crippen molar-refractivity contribution in [3.63, 3.8) is 0 Å². The average Bonchev–Trinajstić information content (AvgIpc) is 2.13. The van der Waals surface area contributed by atoms with Gasteiger partial charge in [-0.15, -0.1) is 0 Å². The first kappa shape index (κ1) is 14.6. The van der Waals surface area contributed by atoms with Crippen molar-refractivity contribution in [3.8, 4) is 0 Å². The predicted octanol–water partition coefficient (Wildman–Crippen LogP) is -1.19. The molecule has 3 nitrogen and oxygen atoms in total. The predicted molar refractivity (Wildman–Crippen MR) is 71.4 cm³/mol. The van der Waals surface area contributed by atoms with Crippen LogP contribution in [-0.2, 0) is 4.79 Å². The minimum atomic E-state index is -0.717. The van der Waals surface area contributed by atoms with Crippen LogP contribution in [0.25, 0.3) is 0 Å². The largest absolute Gasteiger partial charge is 0.481 e. The Morgan fingerprint density at radius 3 is 2.20 bits per heavy atom. The molecule has 0 aliphatic carbocycles. The molecule has 0 saturated carbocycles. The van der Waals surface area contributed by atoms with Gasteiger partial charge in [-0.05, 0) is 32.0 Å². The van der Waals surface area contributed by atoms with Crippen molar-refractivity contribution >= 4 is 29.6 Å². The van der Waals surface area contributed by atoms with Gasteiger partial charge in [-0.2, -0.15) is 0 Å². The Balaban J connectivity index is 4.50. The molecule has 0 bridgehead atoms. The Morgan fingerprint density at radius 2 is 1.87 bits per heavy atom. The van der Waals surface area contributed by atoms with Crippen molar-refractivity contribution in [2.45, 2.75) is 50.9 Å². The van der Waals surface area contributed by atoms with Crippen molar-refractivity contribution < 1.29 is 9.90 Å². The summed E-state index contributed by atoms with van der Waals surface area (Å²) in [6, 6.07) is 0. The van der Waals surface area contributed by atoms with Crippen LogP contribution in [0.15, 0.2) is 0 Å². The smallest absolute Gasteiger partial charge is 0.303 e. The summed E-state index contributed by atoms with van der Waals surface area (Å²) in [6.45, 7) is 6.54. The SMILES string of the molecule is BN(C(B)(B)CCC(=O)O)C(C)(C)CC. The van der Waals surface area contributed by atoms with Crippen LogP contribution in [0, 0.1) is 0 Å². The number of hydrogen-bond donors (Lipinski definition) is 1. The highest BCUT2D eigenvalue weighted by Crippen LogP contribution is 2.24. The Bertz CT molecular complexity index is 231. The molecule has 0 fully saturated rings. The molecule has 0 saturated heterocycles. The minimum Gasteiger partial charge on any atom is -0.481 e. The molecule has 0 aromatic carbocycles. The van der Waals surface area contributed by atoms with Crippen molar-refractivity contribution in [2.75, 3.05) is 0 Å². The molecule has 0 aromatic rings. The van der Waals surface area contributed by atoms with Gasteiger partial charge in [0, 0.05) is 12.0 Å². The number of hydrogen-bond acceptors (Lipinski definition) is 2. The molecular weight excluding hydrogens is 187 g/mol. The van der Waals surface area contributed by atoms with E-state index in [1.54, 1.807) is 0 Å². The van der Waals surface area contributed by atoms with Gasteiger partial charge in [0.2, 0.25) is 0 Å². The van der Waals surface area contributed by atoms with Gasteiger partial charge in [-0.1, -0.05) is 6.92 Å². The van der Waals surface area contributed by atoms with Gasteiger partial charge in [0.25, 0.3) is 0 Å². The molecule has 6 heteroatoms. The highest BCUT2D eigenvalue weighted by Gasteiger charge is 2.32. The maximum Gasteiger partial charge on any atom is 0.303 e. The van der Waals surface area contributed by atoms with Gasteiger partial charge in [0.05, 0.1) is 0 Å². The minimum absolute atomic E-state index is 0.0715. The van der Waals surface area contributed by atoms with Crippen molar-refractivity contribution in [2.24, 2.45) is 0 Å². The molecule has 84 valence electrons. The number of aliphatic carboxylic acids is 1. The summed E-state index contributed by atoms with van der Waals surface area (Å²) in [5.41, 5.74) is 0.113. The van der Waals surface area contributed by atoms with Crippen molar-refractivity contribution in [1.29, 1.82) is 0 Å². The fourth-order valence-corrected chi connectivity index (χ4v) is 1.64. The lowest BCUT2D eigenvalue weighted by Gasteiger charge is -2.47. The highest BCUT2D eigenvalue weighted by molar-refractivity contribution is 6.42. The number of carbonyl (C=O) groups is 1. The van der Waals surface area contributed by atoms with Crippen LogP contribution in [0.4, 0.5) is 0 Å². The Kier molecular flexibility index (Phi) is 4.98. The lowest BCUT2D eigenvalue weighted by atomic mass is 9.55. The molecule has 0 amide bonds.